The van der Waals surface area contributed by atoms with Crippen molar-refractivity contribution in [1.29, 1.82) is 0 Å². The molecule has 0 aliphatic carbocycles. The lowest BCUT2D eigenvalue weighted by atomic mass is 10.1. The number of nitrogens with one attached hydrogen (secondary N) is 1. The molecule has 30 heavy (non-hydrogen) atoms. The molecule has 154 valence electrons. The molecular formula is C24H27N4O2+. The standard InChI is InChI=1S/C24H26N4O2/c1-19-7-9-21(10-8-19)22-11-12-23(29)28(25-22)18-24(30)27-15-13-26(14-16-27)17-20-5-3-2-4-6-20/h2-12H,13-18H2,1H3/p+1. The lowest BCUT2D eigenvalue weighted by molar-refractivity contribution is -0.917. The van der Waals surface area contributed by atoms with E-state index in [1.807, 2.05) is 42.2 Å². The van der Waals surface area contributed by atoms with Gasteiger partial charge in [-0.15, -0.1) is 0 Å². The molecule has 2 heterocycles. The molecule has 1 saturated heterocycles. The molecular weight excluding hydrogens is 376 g/mol. The Morgan fingerprint density at radius 2 is 1.67 bits per heavy atom. The van der Waals surface area contributed by atoms with Crippen molar-refractivity contribution in [3.05, 3.63) is 88.2 Å². The number of carbonyl (C=O) groups excluding carboxylic acids is 1. The fourth-order valence-electron chi connectivity index (χ4n) is 3.80. The van der Waals surface area contributed by atoms with Crippen LogP contribution in [0.4, 0.5) is 0 Å². The second-order valence-corrected chi connectivity index (χ2v) is 7.87. The van der Waals surface area contributed by atoms with E-state index in [2.05, 4.69) is 29.4 Å². The van der Waals surface area contributed by atoms with Crippen LogP contribution in [0.2, 0.25) is 0 Å². The highest BCUT2D eigenvalue weighted by Gasteiger charge is 2.24. The first kappa shape index (κ1) is 20.0. The number of amides is 1. The third-order valence-corrected chi connectivity index (χ3v) is 5.62. The first-order chi connectivity index (χ1) is 14.6. The highest BCUT2D eigenvalue weighted by Crippen LogP contribution is 2.15. The van der Waals surface area contributed by atoms with Crippen molar-refractivity contribution in [2.45, 2.75) is 20.0 Å². The third-order valence-electron chi connectivity index (χ3n) is 5.62. The molecule has 0 spiro atoms. The summed E-state index contributed by atoms with van der Waals surface area (Å²) in [6.07, 6.45) is 0. The number of aryl methyl sites for hydroxylation is 1. The highest BCUT2D eigenvalue weighted by molar-refractivity contribution is 5.76. The highest BCUT2D eigenvalue weighted by atomic mass is 16.2. The van der Waals surface area contributed by atoms with Gasteiger partial charge in [0.05, 0.1) is 31.9 Å². The maximum Gasteiger partial charge on any atom is 0.267 e. The number of piperazine rings is 1. The van der Waals surface area contributed by atoms with Crippen LogP contribution in [-0.4, -0.2) is 46.8 Å². The van der Waals surface area contributed by atoms with Crippen molar-refractivity contribution in [3.8, 4) is 11.3 Å². The maximum absolute atomic E-state index is 12.8. The molecule has 1 aliphatic rings. The van der Waals surface area contributed by atoms with Crippen LogP contribution in [0.25, 0.3) is 11.3 Å². The molecule has 6 heteroatoms. The van der Waals surface area contributed by atoms with Gasteiger partial charge in [0.1, 0.15) is 13.1 Å². The number of aromatic nitrogens is 2. The lowest BCUT2D eigenvalue weighted by Gasteiger charge is -2.32. The molecule has 3 aromatic rings. The fraction of sp³-hybridized carbons (Fsp3) is 0.292. The topological polar surface area (TPSA) is 59.6 Å². The number of carbonyl (C=O) groups is 1. The average molecular weight is 404 g/mol. The first-order valence-electron chi connectivity index (χ1n) is 10.4. The Morgan fingerprint density at radius 3 is 2.37 bits per heavy atom. The SMILES string of the molecule is Cc1ccc(-c2ccc(=O)n(CC(=O)N3CC[NH+](Cc4ccccc4)CC3)n2)cc1. The van der Waals surface area contributed by atoms with Gasteiger partial charge in [0.25, 0.3) is 5.56 Å². The van der Waals surface area contributed by atoms with E-state index in [1.54, 1.807) is 6.07 Å². The van der Waals surface area contributed by atoms with Crippen molar-refractivity contribution >= 4 is 5.91 Å². The van der Waals surface area contributed by atoms with Crippen molar-refractivity contribution in [1.82, 2.24) is 14.7 Å². The molecule has 0 atom stereocenters. The minimum absolute atomic E-state index is 0.0213. The van der Waals surface area contributed by atoms with E-state index >= 15 is 0 Å². The number of hydrogen-bond donors (Lipinski definition) is 1. The summed E-state index contributed by atoms with van der Waals surface area (Å²) in [4.78, 5) is 28.4. The van der Waals surface area contributed by atoms with Crippen LogP contribution in [0, 0.1) is 6.92 Å². The summed E-state index contributed by atoms with van der Waals surface area (Å²) >= 11 is 0. The summed E-state index contributed by atoms with van der Waals surface area (Å²) in [7, 11) is 0. The second-order valence-electron chi connectivity index (χ2n) is 7.87. The van der Waals surface area contributed by atoms with Gasteiger partial charge in [-0.05, 0) is 13.0 Å². The number of nitrogens with zero attached hydrogens (tertiary/aromatic N) is 3. The monoisotopic (exact) mass is 403 g/mol. The van der Waals surface area contributed by atoms with Gasteiger partial charge in [0, 0.05) is 17.2 Å². The van der Waals surface area contributed by atoms with E-state index in [1.165, 1.54) is 21.2 Å². The van der Waals surface area contributed by atoms with E-state index < -0.39 is 0 Å². The van der Waals surface area contributed by atoms with Crippen LogP contribution in [0.1, 0.15) is 11.1 Å². The number of hydrogen-bond acceptors (Lipinski definition) is 3. The molecule has 2 aromatic carbocycles. The Bertz CT molecular complexity index is 1050. The summed E-state index contributed by atoms with van der Waals surface area (Å²) in [5.41, 5.74) is 3.85. The first-order valence-corrected chi connectivity index (χ1v) is 10.4. The predicted molar refractivity (Wildman–Crippen MR) is 116 cm³/mol. The second kappa shape index (κ2) is 9.05. The number of quaternary nitrogens is 1. The van der Waals surface area contributed by atoms with E-state index in [0.717, 1.165) is 30.8 Å². The van der Waals surface area contributed by atoms with Gasteiger partial charge < -0.3 is 9.80 Å². The quantitative estimate of drug-likeness (QED) is 0.695. The zero-order valence-corrected chi connectivity index (χ0v) is 17.3. The third kappa shape index (κ3) is 4.83. The van der Waals surface area contributed by atoms with Crippen molar-refractivity contribution in [2.75, 3.05) is 26.2 Å². The lowest BCUT2D eigenvalue weighted by Crippen LogP contribution is -3.13. The Kier molecular flexibility index (Phi) is 6.05. The largest absolute Gasteiger partial charge is 0.330 e. The zero-order valence-electron chi connectivity index (χ0n) is 17.3. The van der Waals surface area contributed by atoms with E-state index in [0.29, 0.717) is 18.8 Å². The van der Waals surface area contributed by atoms with Gasteiger partial charge in [-0.1, -0.05) is 60.2 Å². The minimum Gasteiger partial charge on any atom is -0.330 e. The maximum atomic E-state index is 12.8. The molecule has 4 rings (SSSR count). The molecule has 0 unspecified atom stereocenters. The summed E-state index contributed by atoms with van der Waals surface area (Å²) in [6, 6.07) is 21.6. The Labute approximate surface area is 176 Å². The zero-order chi connectivity index (χ0) is 20.9. The van der Waals surface area contributed by atoms with Crippen LogP contribution >= 0.6 is 0 Å². The van der Waals surface area contributed by atoms with Crippen LogP contribution in [0.15, 0.2) is 71.5 Å². The van der Waals surface area contributed by atoms with Crippen LogP contribution in [0.3, 0.4) is 0 Å². The molecule has 6 nitrogen and oxygen atoms in total. The van der Waals surface area contributed by atoms with Gasteiger partial charge >= 0.3 is 0 Å². The van der Waals surface area contributed by atoms with Gasteiger partial charge in [-0.2, -0.15) is 5.10 Å². The molecule has 1 aromatic heterocycles. The fourth-order valence-corrected chi connectivity index (χ4v) is 3.80. The van der Waals surface area contributed by atoms with Gasteiger partial charge in [0.15, 0.2) is 0 Å². The van der Waals surface area contributed by atoms with Crippen molar-refractivity contribution < 1.29 is 9.69 Å². The van der Waals surface area contributed by atoms with Crippen molar-refractivity contribution in [3.63, 3.8) is 0 Å². The van der Waals surface area contributed by atoms with Gasteiger partial charge in [-0.25, -0.2) is 4.68 Å². The summed E-state index contributed by atoms with van der Waals surface area (Å²) < 4.78 is 1.28. The smallest absolute Gasteiger partial charge is 0.267 e. The van der Waals surface area contributed by atoms with Gasteiger partial charge in [-0.3, -0.25) is 9.59 Å². The Hall–Kier alpha value is -3.25. The molecule has 1 N–H and O–H groups in total. The van der Waals surface area contributed by atoms with E-state index in [-0.39, 0.29) is 18.0 Å². The Balaban J connectivity index is 1.38. The van der Waals surface area contributed by atoms with Crippen LogP contribution in [0.5, 0.6) is 0 Å². The molecule has 0 saturated carbocycles. The molecule has 0 bridgehead atoms. The van der Waals surface area contributed by atoms with E-state index in [9.17, 15) is 9.59 Å². The van der Waals surface area contributed by atoms with Crippen molar-refractivity contribution in [2.24, 2.45) is 0 Å². The summed E-state index contributed by atoms with van der Waals surface area (Å²) in [5, 5.41) is 4.43. The van der Waals surface area contributed by atoms with Crippen LogP contribution < -0.4 is 10.5 Å². The molecule has 0 radical (unpaired) electrons. The number of rotatable bonds is 5. The summed E-state index contributed by atoms with van der Waals surface area (Å²) in [5.74, 6) is -0.0515. The van der Waals surface area contributed by atoms with E-state index in [4.69, 9.17) is 0 Å². The van der Waals surface area contributed by atoms with Crippen LogP contribution in [-0.2, 0) is 17.9 Å². The Morgan fingerprint density at radius 1 is 0.967 bits per heavy atom. The molecule has 1 fully saturated rings. The average Bonchev–Trinajstić information content (AvgIpc) is 2.77. The summed E-state index contributed by atoms with van der Waals surface area (Å²) in [6.45, 7) is 6.20. The number of benzene rings is 2. The normalized spacial score (nSPS) is 14.6. The predicted octanol–water partition coefficient (Wildman–Crippen LogP) is 1.15. The molecule has 1 aliphatic heterocycles. The molecule has 1 amide bonds. The minimum atomic E-state index is -0.257. The van der Waals surface area contributed by atoms with Gasteiger partial charge in [0.2, 0.25) is 5.91 Å².